The summed E-state index contributed by atoms with van der Waals surface area (Å²) in [6.07, 6.45) is 0. The number of ether oxygens (including phenoxy) is 1. The van der Waals surface area contributed by atoms with Crippen LogP contribution in [0.4, 0.5) is 8.78 Å². The first kappa shape index (κ1) is 14.6. The molecule has 0 fully saturated rings. The molecule has 1 rings (SSSR count). The third-order valence-electron chi connectivity index (χ3n) is 2.11. The molecule has 17 heavy (non-hydrogen) atoms. The van der Waals surface area contributed by atoms with E-state index in [9.17, 15) is 13.6 Å². The fourth-order valence-corrected chi connectivity index (χ4v) is 2.27. The first-order valence-corrected chi connectivity index (χ1v) is 6.77. The second-order valence-electron chi connectivity index (χ2n) is 3.35. The third kappa shape index (κ3) is 4.03. The quantitative estimate of drug-likeness (QED) is 0.725. The van der Waals surface area contributed by atoms with Crippen molar-refractivity contribution in [1.29, 1.82) is 0 Å². The van der Waals surface area contributed by atoms with Crippen LogP contribution in [-0.2, 0) is 10.1 Å². The van der Waals surface area contributed by atoms with Gasteiger partial charge in [0.15, 0.2) is 0 Å². The molecule has 2 nitrogen and oxygen atoms in total. The highest BCUT2D eigenvalue weighted by molar-refractivity contribution is 9.09. The van der Waals surface area contributed by atoms with E-state index in [2.05, 4.69) is 36.6 Å². The molecule has 1 atom stereocenters. The fraction of sp³-hybridized carbons (Fsp3) is 0.364. The van der Waals surface area contributed by atoms with Gasteiger partial charge < -0.3 is 4.74 Å². The van der Waals surface area contributed by atoms with Gasteiger partial charge in [-0.15, -0.1) is 0 Å². The Kier molecular flexibility index (Phi) is 5.52. The van der Waals surface area contributed by atoms with Crippen LogP contribution in [0.15, 0.2) is 18.2 Å². The number of hydrogen-bond acceptors (Lipinski definition) is 2. The SMILES string of the molecule is CC(=O)C(Br)c1ccc(OC(F)F)cc1CBr. The van der Waals surface area contributed by atoms with Gasteiger partial charge in [0.25, 0.3) is 0 Å². The molecule has 1 aromatic rings. The number of ketones is 1. The molecule has 94 valence electrons. The van der Waals surface area contributed by atoms with Crippen molar-refractivity contribution < 1.29 is 18.3 Å². The Labute approximate surface area is 115 Å². The number of benzene rings is 1. The van der Waals surface area contributed by atoms with Gasteiger partial charge in [-0.2, -0.15) is 8.78 Å². The average molecular weight is 372 g/mol. The van der Waals surface area contributed by atoms with Crippen molar-refractivity contribution >= 4 is 37.6 Å². The molecule has 0 radical (unpaired) electrons. The lowest BCUT2D eigenvalue weighted by molar-refractivity contribution is -0.116. The van der Waals surface area contributed by atoms with Crippen LogP contribution in [0.25, 0.3) is 0 Å². The summed E-state index contributed by atoms with van der Waals surface area (Å²) in [7, 11) is 0. The van der Waals surface area contributed by atoms with E-state index in [0.29, 0.717) is 5.33 Å². The van der Waals surface area contributed by atoms with E-state index < -0.39 is 11.4 Å². The number of Topliss-reactive ketones (excluding diaryl/α,β-unsaturated/α-hetero) is 1. The summed E-state index contributed by atoms with van der Waals surface area (Å²) in [4.78, 5) is 10.8. The Morgan fingerprint density at radius 1 is 1.47 bits per heavy atom. The summed E-state index contributed by atoms with van der Waals surface area (Å²) in [5.74, 6) is 0.0381. The van der Waals surface area contributed by atoms with Crippen molar-refractivity contribution in [3.8, 4) is 5.75 Å². The lowest BCUT2D eigenvalue weighted by Crippen LogP contribution is -2.06. The van der Waals surface area contributed by atoms with Crippen molar-refractivity contribution in [1.82, 2.24) is 0 Å². The molecule has 0 aliphatic carbocycles. The normalized spacial score (nSPS) is 12.6. The summed E-state index contributed by atoms with van der Waals surface area (Å²) >= 11 is 6.51. The fourth-order valence-electron chi connectivity index (χ4n) is 1.34. The number of carbonyl (C=O) groups excluding carboxylic acids is 1. The maximum absolute atomic E-state index is 12.0. The highest BCUT2D eigenvalue weighted by atomic mass is 79.9. The number of hydrogen-bond donors (Lipinski definition) is 0. The van der Waals surface area contributed by atoms with Gasteiger partial charge in [-0.1, -0.05) is 37.9 Å². The molecule has 0 saturated heterocycles. The molecule has 0 heterocycles. The zero-order valence-corrected chi connectivity index (χ0v) is 12.1. The number of alkyl halides is 4. The molecule has 0 aromatic heterocycles. The second kappa shape index (κ2) is 6.44. The van der Waals surface area contributed by atoms with Gasteiger partial charge in [0.1, 0.15) is 11.5 Å². The van der Waals surface area contributed by atoms with Crippen LogP contribution in [-0.4, -0.2) is 12.4 Å². The van der Waals surface area contributed by atoms with Gasteiger partial charge in [-0.3, -0.25) is 4.79 Å². The van der Waals surface area contributed by atoms with E-state index in [0.717, 1.165) is 11.1 Å². The summed E-state index contributed by atoms with van der Waals surface area (Å²) in [6, 6.07) is 4.52. The maximum Gasteiger partial charge on any atom is 0.387 e. The Morgan fingerprint density at radius 2 is 2.12 bits per heavy atom. The van der Waals surface area contributed by atoms with E-state index in [1.165, 1.54) is 19.1 Å². The zero-order chi connectivity index (χ0) is 13.0. The van der Waals surface area contributed by atoms with Crippen LogP contribution in [0.2, 0.25) is 0 Å². The highest BCUT2D eigenvalue weighted by Gasteiger charge is 2.17. The summed E-state index contributed by atoms with van der Waals surface area (Å²) in [6.45, 7) is -1.39. The summed E-state index contributed by atoms with van der Waals surface area (Å²) in [5, 5.41) is 0.456. The molecule has 0 amide bonds. The second-order valence-corrected chi connectivity index (χ2v) is 4.82. The molecule has 0 spiro atoms. The third-order valence-corrected chi connectivity index (χ3v) is 3.86. The summed E-state index contributed by atoms with van der Waals surface area (Å²) in [5.41, 5.74) is 1.48. The largest absolute Gasteiger partial charge is 0.435 e. The molecule has 6 heteroatoms. The highest BCUT2D eigenvalue weighted by Crippen LogP contribution is 2.31. The van der Waals surface area contributed by atoms with E-state index in [1.807, 2.05) is 0 Å². The van der Waals surface area contributed by atoms with Gasteiger partial charge >= 0.3 is 6.61 Å². The number of carbonyl (C=O) groups is 1. The monoisotopic (exact) mass is 370 g/mol. The standard InChI is InChI=1S/C11H10Br2F2O2/c1-6(16)10(13)9-3-2-8(17-11(14)15)4-7(9)5-12/h2-4,10-11H,5H2,1H3. The van der Waals surface area contributed by atoms with Gasteiger partial charge in [-0.05, 0) is 30.2 Å². The van der Waals surface area contributed by atoms with Gasteiger partial charge in [0, 0.05) is 5.33 Å². The minimum atomic E-state index is -2.85. The van der Waals surface area contributed by atoms with E-state index in [4.69, 9.17) is 0 Å². The minimum Gasteiger partial charge on any atom is -0.435 e. The molecular formula is C11H10Br2F2O2. The predicted octanol–water partition coefficient (Wildman–Crippen LogP) is 4.21. The van der Waals surface area contributed by atoms with Crippen LogP contribution in [0.1, 0.15) is 22.9 Å². The van der Waals surface area contributed by atoms with E-state index in [1.54, 1.807) is 6.07 Å². The lowest BCUT2D eigenvalue weighted by atomic mass is 10.0. The molecule has 0 aliphatic rings. The zero-order valence-electron chi connectivity index (χ0n) is 8.92. The first-order chi connectivity index (χ1) is 7.95. The number of rotatable bonds is 5. The molecular weight excluding hydrogens is 362 g/mol. The van der Waals surface area contributed by atoms with Crippen LogP contribution in [0.5, 0.6) is 5.75 Å². The van der Waals surface area contributed by atoms with Crippen LogP contribution >= 0.6 is 31.9 Å². The van der Waals surface area contributed by atoms with Gasteiger partial charge in [0.2, 0.25) is 0 Å². The topological polar surface area (TPSA) is 26.3 Å². The Hall–Kier alpha value is -0.490. The first-order valence-electron chi connectivity index (χ1n) is 4.73. The van der Waals surface area contributed by atoms with Crippen molar-refractivity contribution in [2.45, 2.75) is 23.7 Å². The van der Waals surface area contributed by atoms with Crippen LogP contribution < -0.4 is 4.74 Å². The van der Waals surface area contributed by atoms with E-state index in [-0.39, 0.29) is 11.5 Å². The summed E-state index contributed by atoms with van der Waals surface area (Å²) < 4.78 is 28.4. The Morgan fingerprint density at radius 3 is 2.59 bits per heavy atom. The average Bonchev–Trinajstić information content (AvgIpc) is 2.27. The van der Waals surface area contributed by atoms with Gasteiger partial charge in [-0.25, -0.2) is 0 Å². The van der Waals surface area contributed by atoms with Crippen molar-refractivity contribution in [2.24, 2.45) is 0 Å². The molecule has 0 bridgehead atoms. The maximum atomic E-state index is 12.0. The Bertz CT molecular complexity index is 410. The van der Waals surface area contributed by atoms with Crippen molar-refractivity contribution in [3.05, 3.63) is 29.3 Å². The number of halogens is 4. The molecule has 0 N–H and O–H groups in total. The molecule has 0 saturated carbocycles. The Balaban J connectivity index is 3.05. The predicted molar refractivity (Wildman–Crippen MR) is 68.1 cm³/mol. The molecule has 1 unspecified atom stereocenters. The van der Waals surface area contributed by atoms with Crippen molar-refractivity contribution in [3.63, 3.8) is 0 Å². The molecule has 1 aromatic carbocycles. The van der Waals surface area contributed by atoms with Crippen LogP contribution in [0.3, 0.4) is 0 Å². The van der Waals surface area contributed by atoms with E-state index >= 15 is 0 Å². The smallest absolute Gasteiger partial charge is 0.387 e. The lowest BCUT2D eigenvalue weighted by Gasteiger charge is -2.13. The minimum absolute atomic E-state index is 0.0465. The van der Waals surface area contributed by atoms with Gasteiger partial charge in [0.05, 0.1) is 4.83 Å². The molecule has 0 aliphatic heterocycles. The van der Waals surface area contributed by atoms with Crippen molar-refractivity contribution in [2.75, 3.05) is 0 Å². The van der Waals surface area contributed by atoms with Crippen LogP contribution in [0, 0.1) is 0 Å².